The lowest BCUT2D eigenvalue weighted by molar-refractivity contribution is -0.123. The van der Waals surface area contributed by atoms with Crippen LogP contribution in [0.15, 0.2) is 91.0 Å². The number of fused-ring (bicyclic) bond motifs is 1. The largest absolute Gasteiger partial charge is 0.484 e. The zero-order valence-electron chi connectivity index (χ0n) is 20.1. The number of nitrogens with zero attached hydrogens (tertiary/aromatic N) is 4. The molecular weight excluding hydrogens is 489 g/mol. The minimum atomic E-state index is -0.347. The average Bonchev–Trinajstić information content (AvgIpc) is 3.38. The molecule has 3 aromatic carbocycles. The van der Waals surface area contributed by atoms with Crippen molar-refractivity contribution in [3.8, 4) is 23.0 Å². The van der Waals surface area contributed by atoms with Crippen LogP contribution in [-0.4, -0.2) is 51.3 Å². The fraction of sp³-hybridized carbons (Fsp3) is 0.107. The van der Waals surface area contributed by atoms with Crippen LogP contribution in [0.5, 0.6) is 11.6 Å². The van der Waals surface area contributed by atoms with E-state index in [4.69, 9.17) is 9.47 Å². The normalized spacial score (nSPS) is 10.8. The van der Waals surface area contributed by atoms with E-state index in [0.717, 1.165) is 0 Å². The SMILES string of the molecule is O=C(COc1ccc(C(=O)c2ccccc2)cc1)NCCOc1ccc2nnc(-c3ccc(F)cc3)n2n1. The average molecular weight is 512 g/mol. The summed E-state index contributed by atoms with van der Waals surface area (Å²) in [5.74, 6) is 0.493. The molecule has 0 bridgehead atoms. The van der Waals surface area contributed by atoms with Gasteiger partial charge in [-0.1, -0.05) is 30.3 Å². The zero-order chi connectivity index (χ0) is 26.3. The van der Waals surface area contributed by atoms with Crippen molar-refractivity contribution in [2.75, 3.05) is 19.8 Å². The van der Waals surface area contributed by atoms with Gasteiger partial charge >= 0.3 is 0 Å². The van der Waals surface area contributed by atoms with Crippen molar-refractivity contribution in [1.82, 2.24) is 25.1 Å². The number of hydrogen-bond donors (Lipinski definition) is 1. The van der Waals surface area contributed by atoms with E-state index in [9.17, 15) is 14.0 Å². The number of rotatable bonds is 10. The molecule has 0 aliphatic rings. The molecule has 0 atom stereocenters. The third-order valence-corrected chi connectivity index (χ3v) is 5.54. The van der Waals surface area contributed by atoms with E-state index in [-0.39, 0.29) is 37.3 Å². The monoisotopic (exact) mass is 511 g/mol. The van der Waals surface area contributed by atoms with Gasteiger partial charge in [0.15, 0.2) is 23.9 Å². The second-order valence-electron chi connectivity index (χ2n) is 8.18. The Bertz CT molecular complexity index is 1550. The van der Waals surface area contributed by atoms with Crippen LogP contribution in [0.2, 0.25) is 0 Å². The Kier molecular flexibility index (Phi) is 7.30. The lowest BCUT2D eigenvalue weighted by Gasteiger charge is -2.09. The molecule has 10 heteroatoms. The molecule has 190 valence electrons. The highest BCUT2D eigenvalue weighted by molar-refractivity contribution is 6.09. The van der Waals surface area contributed by atoms with Gasteiger partial charge in [-0.25, -0.2) is 4.39 Å². The van der Waals surface area contributed by atoms with E-state index >= 15 is 0 Å². The van der Waals surface area contributed by atoms with Gasteiger partial charge in [0.05, 0.1) is 6.54 Å². The molecule has 0 unspecified atom stereocenters. The molecule has 0 aliphatic carbocycles. The van der Waals surface area contributed by atoms with Crippen LogP contribution in [0.4, 0.5) is 4.39 Å². The number of aromatic nitrogens is 4. The standard InChI is InChI=1S/C28H22FN5O4/c29-22-10-6-21(7-11-22)28-32-31-24-14-15-26(33-34(24)28)37-17-16-30-25(35)18-38-23-12-8-20(9-13-23)27(36)19-4-2-1-3-5-19/h1-15H,16-18H2,(H,30,35). The molecule has 9 nitrogen and oxygen atoms in total. The van der Waals surface area contributed by atoms with E-state index in [2.05, 4.69) is 20.6 Å². The van der Waals surface area contributed by atoms with Crippen LogP contribution < -0.4 is 14.8 Å². The number of ketones is 1. The summed E-state index contributed by atoms with van der Waals surface area (Å²) in [6.45, 7) is 0.228. The lowest BCUT2D eigenvalue weighted by Crippen LogP contribution is -2.32. The van der Waals surface area contributed by atoms with Gasteiger partial charge in [-0.2, -0.15) is 4.52 Å². The molecule has 0 aliphatic heterocycles. The Morgan fingerprint density at radius 2 is 1.55 bits per heavy atom. The molecule has 0 saturated carbocycles. The fourth-order valence-corrected chi connectivity index (χ4v) is 3.63. The van der Waals surface area contributed by atoms with E-state index in [0.29, 0.717) is 39.8 Å². The van der Waals surface area contributed by atoms with Gasteiger partial charge in [0.2, 0.25) is 5.88 Å². The molecular formula is C28H22FN5O4. The Labute approximate surface area is 216 Å². The molecule has 5 rings (SSSR count). The second kappa shape index (κ2) is 11.3. The van der Waals surface area contributed by atoms with Gasteiger partial charge in [-0.05, 0) is 54.6 Å². The number of hydrogen-bond acceptors (Lipinski definition) is 7. The van der Waals surface area contributed by atoms with E-state index in [1.165, 1.54) is 16.6 Å². The van der Waals surface area contributed by atoms with E-state index in [1.54, 1.807) is 60.7 Å². The third-order valence-electron chi connectivity index (χ3n) is 5.54. The molecule has 1 N–H and O–H groups in total. The molecule has 5 aromatic rings. The minimum Gasteiger partial charge on any atom is -0.484 e. The van der Waals surface area contributed by atoms with Crippen LogP contribution in [0.1, 0.15) is 15.9 Å². The second-order valence-corrected chi connectivity index (χ2v) is 8.18. The van der Waals surface area contributed by atoms with E-state index in [1.807, 2.05) is 18.2 Å². The van der Waals surface area contributed by atoms with Crippen molar-refractivity contribution in [3.05, 3.63) is 108 Å². The van der Waals surface area contributed by atoms with Gasteiger partial charge in [0.25, 0.3) is 5.91 Å². The van der Waals surface area contributed by atoms with Gasteiger partial charge < -0.3 is 14.8 Å². The van der Waals surface area contributed by atoms with Crippen LogP contribution in [0.3, 0.4) is 0 Å². The molecule has 0 fully saturated rings. The number of ether oxygens (including phenoxy) is 2. The van der Waals surface area contributed by atoms with Crippen LogP contribution in [0.25, 0.3) is 17.0 Å². The first-order chi connectivity index (χ1) is 18.6. The summed E-state index contributed by atoms with van der Waals surface area (Å²) >= 11 is 0. The first-order valence-electron chi connectivity index (χ1n) is 11.8. The molecule has 2 heterocycles. The molecule has 0 radical (unpaired) electrons. The highest BCUT2D eigenvalue weighted by Crippen LogP contribution is 2.19. The van der Waals surface area contributed by atoms with Crippen molar-refractivity contribution in [3.63, 3.8) is 0 Å². The smallest absolute Gasteiger partial charge is 0.258 e. The molecule has 38 heavy (non-hydrogen) atoms. The lowest BCUT2D eigenvalue weighted by atomic mass is 10.0. The fourth-order valence-electron chi connectivity index (χ4n) is 3.63. The maximum Gasteiger partial charge on any atom is 0.258 e. The van der Waals surface area contributed by atoms with Crippen molar-refractivity contribution in [2.45, 2.75) is 0 Å². The number of halogens is 1. The van der Waals surface area contributed by atoms with Crippen LogP contribution in [0, 0.1) is 5.82 Å². The molecule has 0 spiro atoms. The highest BCUT2D eigenvalue weighted by atomic mass is 19.1. The Morgan fingerprint density at radius 1 is 0.816 bits per heavy atom. The van der Waals surface area contributed by atoms with Crippen LogP contribution >= 0.6 is 0 Å². The zero-order valence-corrected chi connectivity index (χ0v) is 20.1. The Hall–Kier alpha value is -5.12. The summed E-state index contributed by atoms with van der Waals surface area (Å²) in [5.41, 5.74) is 2.31. The summed E-state index contributed by atoms with van der Waals surface area (Å²) in [5, 5.41) is 15.3. The third kappa shape index (κ3) is 5.81. The summed E-state index contributed by atoms with van der Waals surface area (Å²) in [6.07, 6.45) is 0. The van der Waals surface area contributed by atoms with Crippen molar-refractivity contribution >= 4 is 17.3 Å². The molecule has 2 aromatic heterocycles. The highest BCUT2D eigenvalue weighted by Gasteiger charge is 2.12. The van der Waals surface area contributed by atoms with Gasteiger partial charge in [-0.15, -0.1) is 15.3 Å². The number of nitrogens with one attached hydrogen (secondary N) is 1. The Morgan fingerprint density at radius 3 is 2.32 bits per heavy atom. The maximum absolute atomic E-state index is 13.2. The van der Waals surface area contributed by atoms with Gasteiger partial charge in [0, 0.05) is 22.8 Å². The number of carbonyl (C=O) groups excluding carboxylic acids is 2. The quantitative estimate of drug-likeness (QED) is 0.225. The van der Waals surface area contributed by atoms with Crippen LogP contribution in [-0.2, 0) is 4.79 Å². The topological polar surface area (TPSA) is 108 Å². The van der Waals surface area contributed by atoms with Crippen molar-refractivity contribution in [2.24, 2.45) is 0 Å². The van der Waals surface area contributed by atoms with Gasteiger partial charge in [-0.3, -0.25) is 9.59 Å². The maximum atomic E-state index is 13.2. The predicted octanol–water partition coefficient (Wildman–Crippen LogP) is 3.74. The first kappa shape index (κ1) is 24.6. The molecule has 1 amide bonds. The number of benzene rings is 3. The summed E-state index contributed by atoms with van der Waals surface area (Å²) in [6, 6.07) is 24.8. The van der Waals surface area contributed by atoms with Crippen molar-refractivity contribution < 1.29 is 23.5 Å². The summed E-state index contributed by atoms with van der Waals surface area (Å²) in [4.78, 5) is 24.6. The summed E-state index contributed by atoms with van der Waals surface area (Å²) < 4.78 is 25.9. The van der Waals surface area contributed by atoms with Gasteiger partial charge in [0.1, 0.15) is 18.2 Å². The number of carbonyl (C=O) groups is 2. The first-order valence-corrected chi connectivity index (χ1v) is 11.8. The number of amides is 1. The Balaban J connectivity index is 1.08. The minimum absolute atomic E-state index is 0.0838. The van der Waals surface area contributed by atoms with E-state index < -0.39 is 0 Å². The van der Waals surface area contributed by atoms with Crippen molar-refractivity contribution in [1.29, 1.82) is 0 Å². The summed E-state index contributed by atoms with van der Waals surface area (Å²) in [7, 11) is 0. The molecule has 0 saturated heterocycles. The predicted molar refractivity (Wildman–Crippen MR) is 136 cm³/mol.